The van der Waals surface area contributed by atoms with Crippen molar-refractivity contribution in [1.82, 2.24) is 24.6 Å². The van der Waals surface area contributed by atoms with Crippen LogP contribution in [0.4, 0.5) is 5.13 Å². The molecular weight excluding hydrogens is 594 g/mol. The summed E-state index contributed by atoms with van der Waals surface area (Å²) < 4.78 is 38.0. The SMILES string of the molecule is COCCCS(=O)(=O)c1ccc(/C(=N\OCc2ccn(C)n2)C(=O)Nc2nc3ccc(O[C@@H]4CCN(C)C4)nc3s2)cc1. The highest BCUT2D eigenvalue weighted by Crippen LogP contribution is 2.27. The van der Waals surface area contributed by atoms with Gasteiger partial charge in [-0.25, -0.2) is 18.4 Å². The minimum Gasteiger partial charge on any atom is -0.473 e. The Balaban J connectivity index is 1.34. The molecule has 4 aromatic rings. The maximum atomic E-state index is 13.5. The van der Waals surface area contributed by atoms with Gasteiger partial charge in [-0.15, -0.1) is 0 Å². The van der Waals surface area contributed by atoms with Crippen molar-refractivity contribution in [2.45, 2.75) is 30.4 Å². The minimum absolute atomic E-state index is 0.0359. The number of hydrogen-bond acceptors (Lipinski definition) is 12. The molecule has 1 saturated heterocycles. The molecule has 0 spiro atoms. The zero-order valence-corrected chi connectivity index (χ0v) is 25.7. The van der Waals surface area contributed by atoms with Crippen LogP contribution in [0.3, 0.4) is 0 Å². The molecule has 5 rings (SSSR count). The van der Waals surface area contributed by atoms with E-state index < -0.39 is 15.7 Å². The number of likely N-dealkylation sites (N-methyl/N-ethyl adjacent to an activating group) is 1. The molecule has 13 nitrogen and oxygen atoms in total. The van der Waals surface area contributed by atoms with Crippen molar-refractivity contribution in [3.63, 3.8) is 0 Å². The number of rotatable bonds is 13. The number of aromatic nitrogens is 4. The summed E-state index contributed by atoms with van der Waals surface area (Å²) in [6.07, 6.45) is 3.16. The molecule has 3 aromatic heterocycles. The quantitative estimate of drug-likeness (QED) is 0.133. The number of anilines is 1. The van der Waals surface area contributed by atoms with Gasteiger partial charge in [-0.1, -0.05) is 28.6 Å². The summed E-state index contributed by atoms with van der Waals surface area (Å²) in [6.45, 7) is 2.20. The van der Waals surface area contributed by atoms with E-state index in [9.17, 15) is 13.2 Å². The number of methoxy groups -OCH3 is 1. The lowest BCUT2D eigenvalue weighted by atomic mass is 10.1. The van der Waals surface area contributed by atoms with E-state index in [1.54, 1.807) is 36.1 Å². The van der Waals surface area contributed by atoms with E-state index in [0.717, 1.165) is 19.5 Å². The lowest BCUT2D eigenvalue weighted by Gasteiger charge is -2.12. The number of ether oxygens (including phenoxy) is 2. The van der Waals surface area contributed by atoms with Gasteiger partial charge in [-0.3, -0.25) is 14.8 Å². The first-order chi connectivity index (χ1) is 20.7. The van der Waals surface area contributed by atoms with E-state index in [4.69, 9.17) is 14.3 Å². The molecule has 1 aliphatic heterocycles. The topological polar surface area (TPSA) is 150 Å². The van der Waals surface area contributed by atoms with Gasteiger partial charge in [0, 0.05) is 51.7 Å². The molecule has 0 radical (unpaired) electrons. The minimum atomic E-state index is -3.51. The van der Waals surface area contributed by atoms with Crippen molar-refractivity contribution in [3.05, 3.63) is 59.9 Å². The van der Waals surface area contributed by atoms with Gasteiger partial charge in [-0.05, 0) is 44.2 Å². The predicted octanol–water partition coefficient (Wildman–Crippen LogP) is 2.88. The number of hydrogen-bond donors (Lipinski definition) is 1. The summed E-state index contributed by atoms with van der Waals surface area (Å²) in [4.78, 5) is 31.0. The normalized spacial score (nSPS) is 16.1. The molecule has 0 bridgehead atoms. The van der Waals surface area contributed by atoms with Crippen molar-refractivity contribution < 1.29 is 27.5 Å². The van der Waals surface area contributed by atoms with Crippen molar-refractivity contribution >= 4 is 48.3 Å². The Bertz CT molecular complexity index is 1700. The van der Waals surface area contributed by atoms with Gasteiger partial charge >= 0.3 is 0 Å². The summed E-state index contributed by atoms with van der Waals surface area (Å²) in [5.74, 6) is -0.122. The lowest BCUT2D eigenvalue weighted by molar-refractivity contribution is -0.110. The number of nitrogens with one attached hydrogen (secondary N) is 1. The zero-order chi connectivity index (χ0) is 30.4. The first-order valence-corrected chi connectivity index (χ1v) is 16.1. The number of benzene rings is 1. The number of oxime groups is 1. The molecule has 0 unspecified atom stereocenters. The van der Waals surface area contributed by atoms with Crippen LogP contribution in [0.15, 0.2) is 58.7 Å². The van der Waals surface area contributed by atoms with Crippen molar-refractivity contribution in [2.75, 3.05) is 44.9 Å². The highest BCUT2D eigenvalue weighted by Gasteiger charge is 2.23. The zero-order valence-electron chi connectivity index (χ0n) is 24.1. The first-order valence-electron chi connectivity index (χ1n) is 13.6. The molecule has 1 amide bonds. The molecule has 1 N–H and O–H groups in total. The van der Waals surface area contributed by atoms with Gasteiger partial charge in [-0.2, -0.15) is 5.10 Å². The standard InChI is InChI=1S/C28H33N7O6S2/c1-34-13-12-21(17-34)41-24-10-9-23-27(30-24)42-28(29-23)31-26(36)25(33-40-18-20-11-14-35(2)32-20)19-5-7-22(8-6-19)43(37,38)16-4-15-39-3/h5-11,14,21H,4,12-13,15-18H2,1-3H3,(H,29,31,36)/b33-25+/t21-/m1/s1. The van der Waals surface area contributed by atoms with Crippen molar-refractivity contribution in [1.29, 1.82) is 0 Å². The Labute approximate surface area is 253 Å². The Morgan fingerprint density at radius 3 is 2.65 bits per heavy atom. The summed E-state index contributed by atoms with van der Waals surface area (Å²) in [6, 6.07) is 11.3. The number of sulfone groups is 1. The fourth-order valence-electron chi connectivity index (χ4n) is 4.50. The number of aryl methyl sites for hydroxylation is 1. The van der Waals surface area contributed by atoms with Gasteiger partial charge in [0.15, 0.2) is 27.3 Å². The number of amides is 1. The van der Waals surface area contributed by atoms with E-state index >= 15 is 0 Å². The number of fused-ring (bicyclic) bond motifs is 1. The molecule has 1 fully saturated rings. The molecule has 1 aliphatic rings. The fraction of sp³-hybridized carbons (Fsp3) is 0.393. The second kappa shape index (κ2) is 13.6. The molecule has 228 valence electrons. The Kier molecular flexibility index (Phi) is 9.65. The van der Waals surface area contributed by atoms with E-state index in [-0.39, 0.29) is 29.1 Å². The van der Waals surface area contributed by atoms with Crippen LogP contribution < -0.4 is 10.1 Å². The number of carbonyl (C=O) groups excluding carboxylic acids is 1. The Morgan fingerprint density at radius 2 is 1.95 bits per heavy atom. The van der Waals surface area contributed by atoms with Crippen LogP contribution in [0.1, 0.15) is 24.1 Å². The lowest BCUT2D eigenvalue weighted by Crippen LogP contribution is -2.24. The fourth-order valence-corrected chi connectivity index (χ4v) is 6.61. The molecule has 15 heteroatoms. The highest BCUT2D eigenvalue weighted by atomic mass is 32.2. The average Bonchev–Trinajstić information content (AvgIpc) is 3.70. The van der Waals surface area contributed by atoms with Crippen LogP contribution in [0.5, 0.6) is 5.88 Å². The van der Waals surface area contributed by atoms with Gasteiger partial charge < -0.3 is 19.2 Å². The van der Waals surface area contributed by atoms with E-state index in [0.29, 0.717) is 45.6 Å². The largest absolute Gasteiger partial charge is 0.473 e. The summed E-state index contributed by atoms with van der Waals surface area (Å²) in [7, 11) is 1.85. The van der Waals surface area contributed by atoms with Crippen molar-refractivity contribution in [3.8, 4) is 5.88 Å². The molecule has 0 aliphatic carbocycles. The highest BCUT2D eigenvalue weighted by molar-refractivity contribution is 7.91. The number of pyridine rings is 1. The molecule has 0 saturated carbocycles. The third-order valence-corrected chi connectivity index (χ3v) is 9.38. The molecule has 43 heavy (non-hydrogen) atoms. The van der Waals surface area contributed by atoms with Gasteiger partial charge in [0.25, 0.3) is 5.91 Å². The Morgan fingerprint density at radius 1 is 1.14 bits per heavy atom. The van der Waals surface area contributed by atoms with Crippen LogP contribution in [-0.2, 0) is 37.9 Å². The van der Waals surface area contributed by atoms with E-state index in [1.165, 1.54) is 42.7 Å². The molecule has 4 heterocycles. The number of carbonyl (C=O) groups is 1. The summed E-state index contributed by atoms with van der Waals surface area (Å²) >= 11 is 1.21. The number of likely N-dealkylation sites (tertiary alicyclic amines) is 1. The second-order valence-corrected chi connectivity index (χ2v) is 13.2. The van der Waals surface area contributed by atoms with Crippen LogP contribution in [0.25, 0.3) is 10.3 Å². The summed E-state index contributed by atoms with van der Waals surface area (Å²) in [5, 5.41) is 11.5. The molecular formula is C28H33N7O6S2. The van der Waals surface area contributed by atoms with E-state index in [2.05, 4.69) is 37.5 Å². The predicted molar refractivity (Wildman–Crippen MR) is 162 cm³/mol. The van der Waals surface area contributed by atoms with Gasteiger partial charge in [0.05, 0.1) is 10.6 Å². The van der Waals surface area contributed by atoms with Crippen LogP contribution in [0.2, 0.25) is 0 Å². The molecule has 1 atom stereocenters. The smallest absolute Gasteiger partial charge is 0.280 e. The third kappa shape index (κ3) is 7.93. The first kappa shape index (κ1) is 30.5. The third-order valence-electron chi connectivity index (χ3n) is 6.69. The van der Waals surface area contributed by atoms with Gasteiger partial charge in [0.1, 0.15) is 22.1 Å². The number of thiazole rings is 1. The average molecular weight is 628 g/mol. The second-order valence-electron chi connectivity index (χ2n) is 10.1. The van der Waals surface area contributed by atoms with E-state index in [1.807, 2.05) is 0 Å². The van der Waals surface area contributed by atoms with Crippen LogP contribution in [0, 0.1) is 0 Å². The number of nitrogens with zero attached hydrogens (tertiary/aromatic N) is 6. The van der Waals surface area contributed by atoms with Crippen LogP contribution in [-0.4, -0.2) is 90.4 Å². The summed E-state index contributed by atoms with van der Waals surface area (Å²) in [5.41, 5.74) is 1.55. The maximum absolute atomic E-state index is 13.5. The monoisotopic (exact) mass is 627 g/mol. The van der Waals surface area contributed by atoms with Crippen LogP contribution >= 0.6 is 11.3 Å². The molecule has 1 aromatic carbocycles. The van der Waals surface area contributed by atoms with Crippen molar-refractivity contribution in [2.24, 2.45) is 12.2 Å². The Hall–Kier alpha value is -3.92. The van der Waals surface area contributed by atoms with Gasteiger partial charge in [0.2, 0.25) is 5.88 Å². The maximum Gasteiger partial charge on any atom is 0.280 e.